The summed E-state index contributed by atoms with van der Waals surface area (Å²) in [4.78, 5) is 17.0. The van der Waals surface area contributed by atoms with E-state index in [9.17, 15) is 4.79 Å². The second-order valence-corrected chi connectivity index (χ2v) is 7.14. The first kappa shape index (κ1) is 16.7. The lowest BCUT2D eigenvalue weighted by molar-refractivity contribution is 0.0733. The zero-order valence-corrected chi connectivity index (χ0v) is 15.4. The van der Waals surface area contributed by atoms with Crippen molar-refractivity contribution in [3.05, 3.63) is 59.2 Å². The molecule has 1 aliphatic heterocycles. The maximum Gasteiger partial charge on any atom is 0.253 e. The molecular weight excluding hydrogens is 326 g/mol. The van der Waals surface area contributed by atoms with Crippen LogP contribution in [-0.2, 0) is 20.0 Å². The zero-order chi connectivity index (χ0) is 18.3. The van der Waals surface area contributed by atoms with Gasteiger partial charge >= 0.3 is 0 Å². The summed E-state index contributed by atoms with van der Waals surface area (Å²) in [6, 6.07) is 14.5. The monoisotopic (exact) mass is 349 g/mol. The van der Waals surface area contributed by atoms with Crippen LogP contribution in [0.1, 0.15) is 21.5 Å². The fourth-order valence-electron chi connectivity index (χ4n) is 3.72. The Morgan fingerprint density at radius 1 is 1.19 bits per heavy atom. The van der Waals surface area contributed by atoms with Gasteiger partial charge in [-0.1, -0.05) is 29.5 Å². The third-order valence-electron chi connectivity index (χ3n) is 5.31. The van der Waals surface area contributed by atoms with Crippen LogP contribution in [0.15, 0.2) is 42.5 Å². The number of hydrogen-bond donors (Lipinski definition) is 0. The van der Waals surface area contributed by atoms with Crippen molar-refractivity contribution in [2.75, 3.05) is 20.6 Å². The number of carbonyl (C=O) groups excluding carboxylic acids is 1. The Kier molecular flexibility index (Phi) is 4.20. The number of carbonyl (C=O) groups is 1. The Balaban J connectivity index is 1.50. The molecule has 4 rings (SSSR count). The molecule has 134 valence electrons. The predicted molar refractivity (Wildman–Crippen MR) is 101 cm³/mol. The lowest BCUT2D eigenvalue weighted by atomic mass is 9.94. The van der Waals surface area contributed by atoms with Gasteiger partial charge in [0.1, 0.15) is 5.52 Å². The predicted octanol–water partition coefficient (Wildman–Crippen LogP) is 2.10. The second-order valence-electron chi connectivity index (χ2n) is 7.14. The molecule has 26 heavy (non-hydrogen) atoms. The van der Waals surface area contributed by atoms with E-state index in [1.165, 1.54) is 11.1 Å². The smallest absolute Gasteiger partial charge is 0.253 e. The molecule has 0 saturated heterocycles. The molecule has 1 amide bonds. The number of fused-ring (bicyclic) bond motifs is 2. The molecule has 0 radical (unpaired) electrons. The molecule has 0 aliphatic carbocycles. The summed E-state index contributed by atoms with van der Waals surface area (Å²) in [5.41, 5.74) is 5.09. The lowest BCUT2D eigenvalue weighted by Gasteiger charge is -2.36. The molecule has 0 saturated carbocycles. The third-order valence-corrected chi connectivity index (χ3v) is 5.31. The van der Waals surface area contributed by atoms with Gasteiger partial charge in [-0.3, -0.25) is 9.69 Å². The Morgan fingerprint density at radius 2 is 1.96 bits per heavy atom. The van der Waals surface area contributed by atoms with Crippen molar-refractivity contribution in [3.8, 4) is 0 Å². The van der Waals surface area contributed by atoms with Gasteiger partial charge in [0.25, 0.3) is 5.91 Å². The summed E-state index contributed by atoms with van der Waals surface area (Å²) in [6.45, 7) is 1.62. The highest BCUT2D eigenvalue weighted by Gasteiger charge is 2.26. The third kappa shape index (κ3) is 2.97. The van der Waals surface area contributed by atoms with Gasteiger partial charge in [0.2, 0.25) is 0 Å². The number of amides is 1. The Morgan fingerprint density at radius 3 is 2.77 bits per heavy atom. The molecule has 6 heteroatoms. The van der Waals surface area contributed by atoms with Gasteiger partial charge in [-0.15, -0.1) is 5.10 Å². The van der Waals surface area contributed by atoms with E-state index in [0.717, 1.165) is 24.0 Å². The van der Waals surface area contributed by atoms with Crippen molar-refractivity contribution in [3.63, 3.8) is 0 Å². The quantitative estimate of drug-likeness (QED) is 0.727. The van der Waals surface area contributed by atoms with E-state index in [1.54, 1.807) is 4.68 Å². The maximum atomic E-state index is 12.9. The van der Waals surface area contributed by atoms with Gasteiger partial charge in [-0.25, -0.2) is 4.68 Å². The van der Waals surface area contributed by atoms with Crippen molar-refractivity contribution in [2.45, 2.75) is 19.0 Å². The molecule has 0 N–H and O–H groups in total. The average Bonchev–Trinajstić information content (AvgIpc) is 3.02. The average molecular weight is 349 g/mol. The number of hydrogen-bond acceptors (Lipinski definition) is 4. The number of aryl methyl sites for hydroxylation is 1. The van der Waals surface area contributed by atoms with Gasteiger partial charge in [-0.05, 0) is 42.8 Å². The van der Waals surface area contributed by atoms with Crippen LogP contribution >= 0.6 is 0 Å². The van der Waals surface area contributed by atoms with E-state index in [2.05, 4.69) is 46.5 Å². The van der Waals surface area contributed by atoms with E-state index in [4.69, 9.17) is 0 Å². The van der Waals surface area contributed by atoms with Crippen molar-refractivity contribution in [1.29, 1.82) is 0 Å². The maximum absolute atomic E-state index is 12.9. The minimum Gasteiger partial charge on any atom is -0.340 e. The fourth-order valence-corrected chi connectivity index (χ4v) is 3.72. The molecule has 0 fully saturated rings. The van der Waals surface area contributed by atoms with Crippen LogP contribution in [0, 0.1) is 0 Å². The van der Waals surface area contributed by atoms with Crippen LogP contribution < -0.4 is 0 Å². The molecule has 2 heterocycles. The van der Waals surface area contributed by atoms with Gasteiger partial charge < -0.3 is 4.90 Å². The topological polar surface area (TPSA) is 54.3 Å². The van der Waals surface area contributed by atoms with Crippen molar-refractivity contribution < 1.29 is 4.79 Å². The number of nitrogens with zero attached hydrogens (tertiary/aromatic N) is 5. The Labute approximate surface area is 153 Å². The van der Waals surface area contributed by atoms with E-state index in [0.29, 0.717) is 18.2 Å². The second kappa shape index (κ2) is 6.53. The molecule has 0 unspecified atom stereocenters. The highest BCUT2D eigenvalue weighted by atomic mass is 16.2. The van der Waals surface area contributed by atoms with Crippen molar-refractivity contribution in [1.82, 2.24) is 24.8 Å². The summed E-state index contributed by atoms with van der Waals surface area (Å²) >= 11 is 0. The van der Waals surface area contributed by atoms with Crippen LogP contribution in [0.2, 0.25) is 0 Å². The molecular formula is C20H23N5O. The first-order valence-electron chi connectivity index (χ1n) is 8.85. The van der Waals surface area contributed by atoms with Crippen molar-refractivity contribution in [2.24, 2.45) is 7.05 Å². The molecule has 2 aromatic carbocycles. The van der Waals surface area contributed by atoms with E-state index >= 15 is 0 Å². The zero-order valence-electron chi connectivity index (χ0n) is 15.4. The van der Waals surface area contributed by atoms with Crippen molar-refractivity contribution >= 4 is 16.9 Å². The number of rotatable bonds is 3. The standard InChI is InChI=1S/C20H23N5O/c1-23-12-16-7-5-4-6-14(16)10-17(23)13-24(2)20(26)15-8-9-19-18(11-15)21-22-25(19)3/h4-9,11,17H,10,12-13H2,1-3H3/t17-/m1/s1. The summed E-state index contributed by atoms with van der Waals surface area (Å²) in [6.07, 6.45) is 0.966. The van der Waals surface area contributed by atoms with Crippen LogP contribution in [0.5, 0.6) is 0 Å². The fraction of sp³-hybridized carbons (Fsp3) is 0.350. The summed E-state index contributed by atoms with van der Waals surface area (Å²) in [5.74, 6) is 0.0183. The first-order valence-corrected chi connectivity index (χ1v) is 8.85. The van der Waals surface area contributed by atoms with Crippen LogP contribution in [0.25, 0.3) is 11.0 Å². The van der Waals surface area contributed by atoms with Crippen LogP contribution in [-0.4, -0.2) is 57.4 Å². The molecule has 3 aromatic rings. The number of likely N-dealkylation sites (N-methyl/N-ethyl adjacent to an activating group) is 2. The normalized spacial score (nSPS) is 17.3. The minimum atomic E-state index is 0.0183. The number of aromatic nitrogens is 3. The SMILES string of the molecule is CN(C[C@H]1Cc2ccccc2CN1C)C(=O)c1ccc2c(c1)nnn2C. The van der Waals surface area contributed by atoms with E-state index < -0.39 is 0 Å². The minimum absolute atomic E-state index is 0.0183. The van der Waals surface area contributed by atoms with Gasteiger partial charge in [0.05, 0.1) is 5.52 Å². The highest BCUT2D eigenvalue weighted by molar-refractivity contribution is 5.97. The van der Waals surface area contributed by atoms with E-state index in [1.807, 2.05) is 37.2 Å². The summed E-state index contributed by atoms with van der Waals surface area (Å²) in [5, 5.41) is 8.11. The Bertz CT molecular complexity index is 964. The summed E-state index contributed by atoms with van der Waals surface area (Å²) < 4.78 is 1.71. The van der Waals surface area contributed by atoms with Gasteiger partial charge in [0, 0.05) is 38.8 Å². The first-order chi connectivity index (χ1) is 12.5. The lowest BCUT2D eigenvalue weighted by Crippen LogP contribution is -2.46. The number of benzene rings is 2. The van der Waals surface area contributed by atoms with Gasteiger partial charge in [-0.2, -0.15) is 0 Å². The molecule has 0 spiro atoms. The van der Waals surface area contributed by atoms with E-state index in [-0.39, 0.29) is 5.91 Å². The van der Waals surface area contributed by atoms with Crippen LogP contribution in [0.3, 0.4) is 0 Å². The summed E-state index contributed by atoms with van der Waals surface area (Å²) in [7, 11) is 5.85. The molecule has 6 nitrogen and oxygen atoms in total. The molecule has 1 aliphatic rings. The van der Waals surface area contributed by atoms with Gasteiger partial charge in [0.15, 0.2) is 0 Å². The molecule has 1 atom stereocenters. The Hall–Kier alpha value is -2.73. The van der Waals surface area contributed by atoms with Crippen LogP contribution in [0.4, 0.5) is 0 Å². The molecule has 0 bridgehead atoms. The largest absolute Gasteiger partial charge is 0.340 e. The molecule has 1 aromatic heterocycles. The highest BCUT2D eigenvalue weighted by Crippen LogP contribution is 2.23.